The number of rotatable bonds is 8. The molecule has 0 saturated heterocycles. The van der Waals surface area contributed by atoms with E-state index in [1.165, 1.54) is 20.3 Å². The van der Waals surface area contributed by atoms with Crippen molar-refractivity contribution in [3.8, 4) is 0 Å². The third kappa shape index (κ3) is 5.52. The number of allylic oxidation sites excluding steroid dienone is 2. The van der Waals surface area contributed by atoms with Crippen LogP contribution >= 0.6 is 0 Å². The SMILES string of the molecule is COC(=O)C(CCC/C=C/C(=O)c1ccccc1)C(=O)OC. The number of benzene rings is 1. The predicted octanol–water partition coefficient (Wildman–Crippen LogP) is 2.56. The van der Waals surface area contributed by atoms with Crippen molar-refractivity contribution in [1.29, 1.82) is 0 Å². The first kappa shape index (κ1) is 17.6. The van der Waals surface area contributed by atoms with Gasteiger partial charge in [-0.3, -0.25) is 14.4 Å². The molecule has 0 aliphatic heterocycles. The van der Waals surface area contributed by atoms with Crippen LogP contribution in [-0.2, 0) is 19.1 Å². The molecule has 0 spiro atoms. The quantitative estimate of drug-likeness (QED) is 0.243. The minimum Gasteiger partial charge on any atom is -0.468 e. The van der Waals surface area contributed by atoms with Crippen molar-refractivity contribution >= 4 is 17.7 Å². The maximum atomic E-state index is 11.8. The fourth-order valence-corrected chi connectivity index (χ4v) is 1.95. The van der Waals surface area contributed by atoms with Gasteiger partial charge in [0.15, 0.2) is 11.7 Å². The number of unbranched alkanes of at least 4 members (excludes halogenated alkanes) is 1. The van der Waals surface area contributed by atoms with Crippen molar-refractivity contribution in [3.05, 3.63) is 48.0 Å². The summed E-state index contributed by atoms with van der Waals surface area (Å²) in [6, 6.07) is 8.95. The molecule has 0 aliphatic rings. The average Bonchev–Trinajstić information content (AvgIpc) is 2.57. The lowest BCUT2D eigenvalue weighted by atomic mass is 10.0. The Labute approximate surface area is 129 Å². The van der Waals surface area contributed by atoms with Gasteiger partial charge in [0.2, 0.25) is 0 Å². The van der Waals surface area contributed by atoms with E-state index in [4.69, 9.17) is 0 Å². The van der Waals surface area contributed by atoms with Gasteiger partial charge in [-0.2, -0.15) is 0 Å². The topological polar surface area (TPSA) is 69.7 Å². The molecule has 0 fully saturated rings. The zero-order chi connectivity index (χ0) is 16.4. The number of carbonyl (C=O) groups is 3. The van der Waals surface area contributed by atoms with Crippen molar-refractivity contribution in [2.45, 2.75) is 19.3 Å². The van der Waals surface area contributed by atoms with Gasteiger partial charge in [-0.1, -0.05) is 36.4 Å². The number of ether oxygens (including phenoxy) is 2. The van der Waals surface area contributed by atoms with Crippen molar-refractivity contribution < 1.29 is 23.9 Å². The van der Waals surface area contributed by atoms with Crippen LogP contribution in [0.5, 0.6) is 0 Å². The standard InChI is InChI=1S/C17H20O5/c1-21-16(19)14(17(20)22-2)11-7-4-8-12-15(18)13-9-5-3-6-10-13/h3,5-6,8-10,12,14H,4,7,11H2,1-2H3/b12-8+. The van der Waals surface area contributed by atoms with Crippen molar-refractivity contribution in [3.63, 3.8) is 0 Å². The minimum absolute atomic E-state index is 0.0712. The van der Waals surface area contributed by atoms with E-state index in [1.54, 1.807) is 30.3 Å². The summed E-state index contributed by atoms with van der Waals surface area (Å²) in [4.78, 5) is 34.8. The maximum Gasteiger partial charge on any atom is 0.320 e. The van der Waals surface area contributed by atoms with E-state index in [-0.39, 0.29) is 5.78 Å². The molecule has 0 saturated carbocycles. The van der Waals surface area contributed by atoms with Gasteiger partial charge < -0.3 is 9.47 Å². The number of esters is 2. The molecule has 0 atom stereocenters. The Morgan fingerprint density at radius 3 is 2.18 bits per heavy atom. The van der Waals surface area contributed by atoms with Crippen LogP contribution in [-0.4, -0.2) is 31.9 Å². The van der Waals surface area contributed by atoms with Gasteiger partial charge in [-0.25, -0.2) is 0 Å². The van der Waals surface area contributed by atoms with Gasteiger partial charge in [0.05, 0.1) is 14.2 Å². The summed E-state index contributed by atoms with van der Waals surface area (Å²) in [7, 11) is 2.47. The van der Waals surface area contributed by atoms with Gasteiger partial charge in [0.25, 0.3) is 0 Å². The first-order chi connectivity index (χ1) is 10.6. The molecule has 0 aromatic heterocycles. The van der Waals surface area contributed by atoms with E-state index in [1.807, 2.05) is 6.07 Å². The molecule has 1 rings (SSSR count). The van der Waals surface area contributed by atoms with Crippen molar-refractivity contribution in [1.82, 2.24) is 0 Å². The summed E-state index contributed by atoms with van der Waals surface area (Å²) in [5.74, 6) is -2.18. The predicted molar refractivity (Wildman–Crippen MR) is 81.3 cm³/mol. The van der Waals surface area contributed by atoms with Crippen LogP contribution in [0.4, 0.5) is 0 Å². The van der Waals surface area contributed by atoms with E-state index in [2.05, 4.69) is 9.47 Å². The van der Waals surface area contributed by atoms with Gasteiger partial charge in [-0.15, -0.1) is 0 Å². The summed E-state index contributed by atoms with van der Waals surface area (Å²) >= 11 is 0. The summed E-state index contributed by atoms with van der Waals surface area (Å²) < 4.78 is 9.15. The van der Waals surface area contributed by atoms with Crippen LogP contribution in [0.25, 0.3) is 0 Å². The van der Waals surface area contributed by atoms with E-state index in [0.717, 1.165) is 0 Å². The summed E-state index contributed by atoms with van der Waals surface area (Å²) in [5.41, 5.74) is 0.626. The molecule has 5 nitrogen and oxygen atoms in total. The minimum atomic E-state index is -0.909. The molecule has 118 valence electrons. The van der Waals surface area contributed by atoms with Gasteiger partial charge >= 0.3 is 11.9 Å². The summed E-state index contributed by atoms with van der Waals surface area (Å²) in [6.45, 7) is 0. The highest BCUT2D eigenvalue weighted by molar-refractivity contribution is 6.04. The number of hydrogen-bond acceptors (Lipinski definition) is 5. The third-order valence-corrected chi connectivity index (χ3v) is 3.16. The van der Waals surface area contributed by atoms with Crippen LogP contribution in [0.15, 0.2) is 42.5 Å². The van der Waals surface area contributed by atoms with Crippen LogP contribution in [0.2, 0.25) is 0 Å². The Balaban J connectivity index is 2.43. The highest BCUT2D eigenvalue weighted by Gasteiger charge is 2.27. The van der Waals surface area contributed by atoms with Crippen LogP contribution in [0.3, 0.4) is 0 Å². The molecule has 1 aromatic carbocycles. The number of carbonyl (C=O) groups excluding carboxylic acids is 3. The first-order valence-corrected chi connectivity index (χ1v) is 7.01. The Kier molecular flexibility index (Phi) is 7.61. The molecule has 0 heterocycles. The second-order valence-corrected chi connectivity index (χ2v) is 4.66. The Bertz CT molecular complexity index is 517. The van der Waals surface area contributed by atoms with Crippen LogP contribution in [0, 0.1) is 5.92 Å². The molecule has 0 bridgehead atoms. The lowest BCUT2D eigenvalue weighted by Crippen LogP contribution is -2.26. The molecular formula is C17H20O5. The van der Waals surface area contributed by atoms with E-state index in [9.17, 15) is 14.4 Å². The number of methoxy groups -OCH3 is 2. The molecular weight excluding hydrogens is 284 g/mol. The highest BCUT2D eigenvalue weighted by Crippen LogP contribution is 2.13. The molecule has 1 aromatic rings. The largest absolute Gasteiger partial charge is 0.468 e. The monoisotopic (exact) mass is 304 g/mol. The number of ketones is 1. The fourth-order valence-electron chi connectivity index (χ4n) is 1.95. The zero-order valence-corrected chi connectivity index (χ0v) is 12.8. The molecule has 22 heavy (non-hydrogen) atoms. The van der Waals surface area contributed by atoms with E-state index in [0.29, 0.717) is 24.8 Å². The van der Waals surface area contributed by atoms with Crippen LogP contribution in [0.1, 0.15) is 29.6 Å². The zero-order valence-electron chi connectivity index (χ0n) is 12.8. The van der Waals surface area contributed by atoms with E-state index >= 15 is 0 Å². The smallest absolute Gasteiger partial charge is 0.320 e. The second-order valence-electron chi connectivity index (χ2n) is 4.66. The lowest BCUT2D eigenvalue weighted by molar-refractivity contribution is -0.159. The third-order valence-electron chi connectivity index (χ3n) is 3.16. The average molecular weight is 304 g/mol. The van der Waals surface area contributed by atoms with Gasteiger partial charge in [0.1, 0.15) is 0 Å². The Morgan fingerprint density at radius 2 is 1.64 bits per heavy atom. The van der Waals surface area contributed by atoms with Crippen molar-refractivity contribution in [2.24, 2.45) is 5.92 Å². The second kappa shape index (κ2) is 9.50. The van der Waals surface area contributed by atoms with Gasteiger partial charge in [0, 0.05) is 5.56 Å². The van der Waals surface area contributed by atoms with Crippen molar-refractivity contribution in [2.75, 3.05) is 14.2 Å². The lowest BCUT2D eigenvalue weighted by Gasteiger charge is -2.11. The molecule has 0 amide bonds. The summed E-state index contributed by atoms with van der Waals surface area (Å²) in [6.07, 6.45) is 4.72. The molecule has 0 aliphatic carbocycles. The normalized spacial score (nSPS) is 10.7. The molecule has 0 radical (unpaired) electrons. The summed E-state index contributed by atoms with van der Waals surface area (Å²) in [5, 5.41) is 0. The molecule has 5 heteroatoms. The van der Waals surface area contributed by atoms with Gasteiger partial charge in [-0.05, 0) is 25.3 Å². The Morgan fingerprint density at radius 1 is 1.05 bits per heavy atom. The Hall–Kier alpha value is -2.43. The van der Waals surface area contributed by atoms with Crippen LogP contribution < -0.4 is 0 Å². The van der Waals surface area contributed by atoms with E-state index < -0.39 is 17.9 Å². The number of hydrogen-bond donors (Lipinski definition) is 0. The maximum absolute atomic E-state index is 11.8. The first-order valence-electron chi connectivity index (χ1n) is 7.01. The fraction of sp³-hybridized carbons (Fsp3) is 0.353. The molecule has 0 unspecified atom stereocenters. The highest BCUT2D eigenvalue weighted by atomic mass is 16.5. The molecule has 0 N–H and O–H groups in total.